The van der Waals surface area contributed by atoms with Crippen molar-refractivity contribution in [2.24, 2.45) is 5.92 Å². The molecule has 164 valence electrons. The summed E-state index contributed by atoms with van der Waals surface area (Å²) >= 11 is 5.80. The normalized spacial score (nSPS) is 16.4. The van der Waals surface area contributed by atoms with Crippen LogP contribution in [-0.4, -0.2) is 30.9 Å². The Morgan fingerprint density at radius 1 is 1.16 bits per heavy atom. The van der Waals surface area contributed by atoms with Gasteiger partial charge >= 0.3 is 12.1 Å². The van der Waals surface area contributed by atoms with Crippen LogP contribution < -0.4 is 10.2 Å². The molecule has 1 fully saturated rings. The molecule has 0 aliphatic carbocycles. The van der Waals surface area contributed by atoms with Crippen LogP contribution in [0.2, 0.25) is 5.02 Å². The molecule has 1 heterocycles. The van der Waals surface area contributed by atoms with Gasteiger partial charge in [0.05, 0.1) is 22.2 Å². The highest BCUT2D eigenvalue weighted by atomic mass is 35.5. The predicted molar refractivity (Wildman–Crippen MR) is 103 cm³/mol. The second-order valence-electron chi connectivity index (χ2n) is 6.73. The number of amides is 2. The lowest BCUT2D eigenvalue weighted by Crippen LogP contribution is -2.28. The maximum Gasteiger partial charge on any atom is 0.416 e. The van der Waals surface area contributed by atoms with Crippen LogP contribution in [0.25, 0.3) is 0 Å². The number of nitrogens with one attached hydrogen (secondary N) is 1. The van der Waals surface area contributed by atoms with Crippen molar-refractivity contribution in [2.75, 3.05) is 23.4 Å². The summed E-state index contributed by atoms with van der Waals surface area (Å²) in [7, 11) is 0. The van der Waals surface area contributed by atoms with E-state index >= 15 is 0 Å². The smallest absolute Gasteiger partial charge is 0.416 e. The number of halogens is 5. The van der Waals surface area contributed by atoms with Crippen molar-refractivity contribution in [1.82, 2.24) is 0 Å². The van der Waals surface area contributed by atoms with Crippen molar-refractivity contribution >= 4 is 40.8 Å². The number of carbonyl (C=O) groups excluding carboxylic acids is 3. The van der Waals surface area contributed by atoms with Crippen LogP contribution in [0, 0.1) is 11.7 Å². The van der Waals surface area contributed by atoms with E-state index in [1.807, 2.05) is 0 Å². The molecular formula is C20H15ClF4N2O4. The first-order valence-corrected chi connectivity index (χ1v) is 9.31. The first kappa shape index (κ1) is 22.5. The van der Waals surface area contributed by atoms with Crippen LogP contribution in [0.4, 0.5) is 28.9 Å². The SMILES string of the molecule is O=C(COC(=O)[C@@H]1CC(=O)N(c2ccc(F)cc2)C1)Nc1cc(C(F)(F)F)ccc1Cl. The van der Waals surface area contributed by atoms with Crippen molar-refractivity contribution < 1.29 is 36.7 Å². The Balaban J connectivity index is 1.56. The summed E-state index contributed by atoms with van der Waals surface area (Å²) in [6.07, 6.45) is -4.78. The number of alkyl halides is 3. The molecule has 0 unspecified atom stereocenters. The van der Waals surface area contributed by atoms with Gasteiger partial charge in [0, 0.05) is 18.7 Å². The number of benzene rings is 2. The predicted octanol–water partition coefficient (Wildman–Crippen LogP) is 4.03. The maximum absolute atomic E-state index is 13.0. The van der Waals surface area contributed by atoms with Crippen LogP contribution in [0.3, 0.4) is 0 Å². The van der Waals surface area contributed by atoms with Gasteiger partial charge in [0.1, 0.15) is 5.82 Å². The molecule has 2 aromatic rings. The minimum Gasteiger partial charge on any atom is -0.455 e. The van der Waals surface area contributed by atoms with Crippen molar-refractivity contribution in [3.63, 3.8) is 0 Å². The Morgan fingerprint density at radius 2 is 1.84 bits per heavy atom. The van der Waals surface area contributed by atoms with Crippen molar-refractivity contribution in [1.29, 1.82) is 0 Å². The van der Waals surface area contributed by atoms with Gasteiger partial charge in [0.15, 0.2) is 6.61 Å². The average Bonchev–Trinajstić information content (AvgIpc) is 3.09. The van der Waals surface area contributed by atoms with Gasteiger partial charge in [0.25, 0.3) is 5.91 Å². The zero-order chi connectivity index (χ0) is 22.8. The number of hydrogen-bond donors (Lipinski definition) is 1. The molecule has 2 aromatic carbocycles. The molecule has 1 atom stereocenters. The summed E-state index contributed by atoms with van der Waals surface area (Å²) in [5, 5.41) is 2.04. The number of anilines is 2. The van der Waals surface area contributed by atoms with Gasteiger partial charge in [-0.2, -0.15) is 13.2 Å². The van der Waals surface area contributed by atoms with Gasteiger partial charge < -0.3 is 15.0 Å². The molecule has 31 heavy (non-hydrogen) atoms. The molecule has 1 N–H and O–H groups in total. The number of ether oxygens (including phenoxy) is 1. The topological polar surface area (TPSA) is 75.7 Å². The van der Waals surface area contributed by atoms with Gasteiger partial charge in [-0.15, -0.1) is 0 Å². The Hall–Kier alpha value is -3.14. The first-order chi connectivity index (χ1) is 14.5. The zero-order valence-electron chi connectivity index (χ0n) is 15.7. The second kappa shape index (κ2) is 8.93. The summed E-state index contributed by atoms with van der Waals surface area (Å²) in [4.78, 5) is 37.6. The number of rotatable bonds is 5. The molecule has 0 spiro atoms. The Morgan fingerprint density at radius 3 is 2.48 bits per heavy atom. The van der Waals surface area contributed by atoms with E-state index in [4.69, 9.17) is 16.3 Å². The van der Waals surface area contributed by atoms with Gasteiger partial charge in [0.2, 0.25) is 5.91 Å². The molecular weight excluding hydrogens is 444 g/mol. The summed E-state index contributed by atoms with van der Waals surface area (Å²) in [5.74, 6) is -3.40. The van der Waals surface area contributed by atoms with Crippen LogP contribution in [0.15, 0.2) is 42.5 Å². The first-order valence-electron chi connectivity index (χ1n) is 8.94. The number of carbonyl (C=O) groups is 3. The largest absolute Gasteiger partial charge is 0.455 e. The number of nitrogens with zero attached hydrogens (tertiary/aromatic N) is 1. The molecule has 1 aliphatic heterocycles. The lowest BCUT2D eigenvalue weighted by molar-refractivity contribution is -0.151. The van der Waals surface area contributed by atoms with E-state index in [0.29, 0.717) is 11.8 Å². The van der Waals surface area contributed by atoms with Crippen molar-refractivity contribution in [2.45, 2.75) is 12.6 Å². The molecule has 6 nitrogen and oxygen atoms in total. The molecule has 1 saturated heterocycles. The van der Waals surface area contributed by atoms with Gasteiger partial charge in [-0.25, -0.2) is 4.39 Å². The van der Waals surface area contributed by atoms with Crippen LogP contribution in [-0.2, 0) is 25.3 Å². The minimum atomic E-state index is -4.62. The average molecular weight is 459 g/mol. The zero-order valence-corrected chi connectivity index (χ0v) is 16.5. The second-order valence-corrected chi connectivity index (χ2v) is 7.14. The van der Waals surface area contributed by atoms with Crippen molar-refractivity contribution in [3.8, 4) is 0 Å². The van der Waals surface area contributed by atoms with Crippen LogP contribution >= 0.6 is 11.6 Å². The fraction of sp³-hybridized carbons (Fsp3) is 0.250. The van der Waals surface area contributed by atoms with Crippen LogP contribution in [0.5, 0.6) is 0 Å². The third-order valence-corrected chi connectivity index (χ3v) is 4.84. The highest BCUT2D eigenvalue weighted by Gasteiger charge is 2.36. The molecule has 3 rings (SSSR count). The number of esters is 1. The van der Waals surface area contributed by atoms with Gasteiger partial charge in [-0.3, -0.25) is 14.4 Å². The van der Waals surface area contributed by atoms with Gasteiger partial charge in [-0.1, -0.05) is 11.6 Å². The molecule has 0 saturated carbocycles. The maximum atomic E-state index is 13.0. The van der Waals surface area contributed by atoms with E-state index in [9.17, 15) is 31.9 Å². The lowest BCUT2D eigenvalue weighted by Gasteiger charge is -2.16. The summed E-state index contributed by atoms with van der Waals surface area (Å²) < 4.78 is 56.3. The lowest BCUT2D eigenvalue weighted by atomic mass is 10.1. The van der Waals surface area contributed by atoms with E-state index < -0.39 is 42.0 Å². The van der Waals surface area contributed by atoms with Gasteiger partial charge in [-0.05, 0) is 42.5 Å². The molecule has 1 aliphatic rings. The monoisotopic (exact) mass is 458 g/mol. The summed E-state index contributed by atoms with van der Waals surface area (Å²) in [6, 6.07) is 7.57. The van der Waals surface area contributed by atoms with E-state index in [-0.39, 0.29) is 29.6 Å². The Kier molecular flexibility index (Phi) is 6.49. The van der Waals surface area contributed by atoms with Crippen LogP contribution in [0.1, 0.15) is 12.0 Å². The van der Waals surface area contributed by atoms with E-state index in [2.05, 4.69) is 5.32 Å². The summed E-state index contributed by atoms with van der Waals surface area (Å²) in [6.45, 7) is -0.781. The fourth-order valence-electron chi connectivity index (χ4n) is 2.97. The van der Waals surface area contributed by atoms with E-state index in [0.717, 1.165) is 12.1 Å². The molecule has 0 radical (unpaired) electrons. The minimum absolute atomic E-state index is 0.00955. The third-order valence-electron chi connectivity index (χ3n) is 4.51. The standard InChI is InChI=1S/C20H15ClF4N2O4/c21-15-6-1-12(20(23,24)25)8-16(15)26-17(28)10-31-19(30)11-7-18(29)27(9-11)14-4-2-13(22)3-5-14/h1-6,8,11H,7,9-10H2,(H,26,28)/t11-/m1/s1. The van der Waals surface area contributed by atoms with E-state index in [1.165, 1.54) is 29.2 Å². The highest BCUT2D eigenvalue weighted by molar-refractivity contribution is 6.33. The Labute approximate surface area is 178 Å². The Bertz CT molecular complexity index is 1010. The molecule has 0 aromatic heterocycles. The van der Waals surface area contributed by atoms with Crippen molar-refractivity contribution in [3.05, 3.63) is 58.9 Å². The molecule has 11 heteroatoms. The highest BCUT2D eigenvalue weighted by Crippen LogP contribution is 2.33. The third kappa shape index (κ3) is 5.52. The summed E-state index contributed by atoms with van der Waals surface area (Å²) in [5.41, 5.74) is -0.871. The van der Waals surface area contributed by atoms with E-state index in [1.54, 1.807) is 0 Å². The quantitative estimate of drug-likeness (QED) is 0.542. The fourth-order valence-corrected chi connectivity index (χ4v) is 3.14. The molecule has 0 bridgehead atoms. The number of hydrogen-bond acceptors (Lipinski definition) is 4. The molecule has 2 amide bonds.